The molecular formula is C11H20BrN5. The number of anilines is 2. The maximum Gasteiger partial charge on any atom is 0.146 e. The molecule has 0 bridgehead atoms. The highest BCUT2D eigenvalue weighted by atomic mass is 79.9. The molecule has 0 amide bonds. The van der Waals surface area contributed by atoms with Crippen molar-refractivity contribution >= 4 is 27.6 Å². The van der Waals surface area contributed by atoms with Crippen LogP contribution in [0.15, 0.2) is 10.8 Å². The first kappa shape index (κ1) is 14.2. The van der Waals surface area contributed by atoms with E-state index in [1.165, 1.54) is 0 Å². The summed E-state index contributed by atoms with van der Waals surface area (Å²) in [5.41, 5.74) is 0.0597. The predicted octanol–water partition coefficient (Wildman–Crippen LogP) is 2.03. The second-order valence-electron chi connectivity index (χ2n) is 4.70. The van der Waals surface area contributed by atoms with Crippen LogP contribution < -0.4 is 10.6 Å². The summed E-state index contributed by atoms with van der Waals surface area (Å²) in [6.07, 6.45) is 1.54. The first-order chi connectivity index (χ1) is 7.88. The van der Waals surface area contributed by atoms with E-state index in [-0.39, 0.29) is 5.54 Å². The average molecular weight is 302 g/mol. The van der Waals surface area contributed by atoms with Gasteiger partial charge in [-0.3, -0.25) is 0 Å². The molecule has 17 heavy (non-hydrogen) atoms. The van der Waals surface area contributed by atoms with Gasteiger partial charge < -0.3 is 15.5 Å². The second-order valence-corrected chi connectivity index (χ2v) is 5.49. The highest BCUT2D eigenvalue weighted by Crippen LogP contribution is 2.26. The Morgan fingerprint density at radius 3 is 2.41 bits per heavy atom. The lowest BCUT2D eigenvalue weighted by Crippen LogP contribution is -2.44. The SMILES string of the molecule is CNc1ncnc(NCC(C)(C)N(C)C)c1Br. The predicted molar refractivity (Wildman–Crippen MR) is 75.5 cm³/mol. The number of nitrogens with zero attached hydrogens (tertiary/aromatic N) is 3. The second kappa shape index (κ2) is 5.64. The van der Waals surface area contributed by atoms with E-state index in [1.807, 2.05) is 7.05 Å². The Kier molecular flexibility index (Phi) is 4.70. The molecule has 1 aromatic heterocycles. The molecule has 96 valence electrons. The molecule has 5 nitrogen and oxygen atoms in total. The fourth-order valence-electron chi connectivity index (χ4n) is 1.13. The van der Waals surface area contributed by atoms with E-state index in [2.05, 4.69) is 69.4 Å². The van der Waals surface area contributed by atoms with Crippen LogP contribution >= 0.6 is 15.9 Å². The smallest absolute Gasteiger partial charge is 0.146 e. The van der Waals surface area contributed by atoms with Crippen LogP contribution in [0, 0.1) is 0 Å². The topological polar surface area (TPSA) is 53.1 Å². The molecule has 1 aromatic rings. The Morgan fingerprint density at radius 2 is 1.88 bits per heavy atom. The van der Waals surface area contributed by atoms with Crippen LogP contribution in [-0.4, -0.2) is 48.1 Å². The van der Waals surface area contributed by atoms with Gasteiger partial charge in [-0.15, -0.1) is 0 Å². The molecule has 1 rings (SSSR count). The van der Waals surface area contributed by atoms with E-state index in [1.54, 1.807) is 6.33 Å². The van der Waals surface area contributed by atoms with Crippen molar-refractivity contribution in [2.24, 2.45) is 0 Å². The zero-order chi connectivity index (χ0) is 13.1. The van der Waals surface area contributed by atoms with Gasteiger partial charge in [0.05, 0.1) is 0 Å². The van der Waals surface area contributed by atoms with E-state index < -0.39 is 0 Å². The summed E-state index contributed by atoms with van der Waals surface area (Å²) in [4.78, 5) is 10.5. The van der Waals surface area contributed by atoms with Crippen LogP contribution in [0.4, 0.5) is 11.6 Å². The highest BCUT2D eigenvalue weighted by Gasteiger charge is 2.20. The Labute approximate surface area is 111 Å². The molecule has 1 heterocycles. The minimum atomic E-state index is 0.0597. The van der Waals surface area contributed by atoms with Crippen LogP contribution in [-0.2, 0) is 0 Å². The monoisotopic (exact) mass is 301 g/mol. The van der Waals surface area contributed by atoms with Gasteiger partial charge in [0.2, 0.25) is 0 Å². The van der Waals surface area contributed by atoms with Gasteiger partial charge in [0.1, 0.15) is 22.4 Å². The van der Waals surface area contributed by atoms with E-state index in [0.29, 0.717) is 0 Å². The number of nitrogens with one attached hydrogen (secondary N) is 2. The van der Waals surface area contributed by atoms with E-state index >= 15 is 0 Å². The van der Waals surface area contributed by atoms with Gasteiger partial charge in [0.15, 0.2) is 0 Å². The molecule has 0 aromatic carbocycles. The number of rotatable bonds is 5. The zero-order valence-corrected chi connectivity index (χ0v) is 12.6. The Hall–Kier alpha value is -0.880. The molecule has 0 unspecified atom stereocenters. The maximum atomic E-state index is 4.22. The molecule has 0 aliphatic carbocycles. The van der Waals surface area contributed by atoms with Gasteiger partial charge in [0, 0.05) is 19.1 Å². The van der Waals surface area contributed by atoms with Gasteiger partial charge in [0.25, 0.3) is 0 Å². The van der Waals surface area contributed by atoms with Crippen LogP contribution in [0.2, 0.25) is 0 Å². The van der Waals surface area contributed by atoms with Crippen LogP contribution in [0.3, 0.4) is 0 Å². The fraction of sp³-hybridized carbons (Fsp3) is 0.636. The van der Waals surface area contributed by atoms with Gasteiger partial charge in [-0.1, -0.05) is 0 Å². The minimum Gasteiger partial charge on any atom is -0.372 e. The normalized spacial score (nSPS) is 11.7. The first-order valence-corrected chi connectivity index (χ1v) is 6.27. The molecule has 0 aliphatic rings. The van der Waals surface area contributed by atoms with Gasteiger partial charge in [-0.25, -0.2) is 9.97 Å². The van der Waals surface area contributed by atoms with E-state index in [4.69, 9.17) is 0 Å². The molecule has 2 N–H and O–H groups in total. The molecule has 6 heteroatoms. The molecule has 0 atom stereocenters. The number of hydrogen-bond acceptors (Lipinski definition) is 5. The minimum absolute atomic E-state index is 0.0597. The molecule has 0 fully saturated rings. The quantitative estimate of drug-likeness (QED) is 0.871. The number of likely N-dealkylation sites (N-methyl/N-ethyl adjacent to an activating group) is 1. The first-order valence-electron chi connectivity index (χ1n) is 5.48. The number of halogens is 1. The molecule has 0 saturated heterocycles. The molecule has 0 aliphatic heterocycles. The standard InChI is InChI=1S/C11H20BrN5/c1-11(2,17(4)5)6-14-10-8(12)9(13-3)15-7-16-10/h7H,6H2,1-5H3,(H2,13,14,15,16). The van der Waals surface area contributed by atoms with Crippen molar-refractivity contribution in [2.75, 3.05) is 38.3 Å². The van der Waals surface area contributed by atoms with Gasteiger partial charge >= 0.3 is 0 Å². The summed E-state index contributed by atoms with van der Waals surface area (Å²) in [6.45, 7) is 5.15. The van der Waals surface area contributed by atoms with Crippen LogP contribution in [0.25, 0.3) is 0 Å². The average Bonchev–Trinajstić information content (AvgIpc) is 2.27. The lowest BCUT2D eigenvalue weighted by atomic mass is 10.0. The number of aromatic nitrogens is 2. The highest BCUT2D eigenvalue weighted by molar-refractivity contribution is 9.10. The van der Waals surface area contributed by atoms with E-state index in [0.717, 1.165) is 22.7 Å². The molecule has 0 saturated carbocycles. The Morgan fingerprint density at radius 1 is 1.29 bits per heavy atom. The zero-order valence-electron chi connectivity index (χ0n) is 11.0. The van der Waals surface area contributed by atoms with Crippen molar-refractivity contribution in [2.45, 2.75) is 19.4 Å². The maximum absolute atomic E-state index is 4.22. The molecular weight excluding hydrogens is 282 g/mol. The lowest BCUT2D eigenvalue weighted by molar-refractivity contribution is 0.210. The van der Waals surface area contributed by atoms with Crippen molar-refractivity contribution in [1.82, 2.24) is 14.9 Å². The van der Waals surface area contributed by atoms with Crippen LogP contribution in [0.5, 0.6) is 0 Å². The Balaban J connectivity index is 2.76. The summed E-state index contributed by atoms with van der Waals surface area (Å²) in [6, 6.07) is 0. The summed E-state index contributed by atoms with van der Waals surface area (Å²) >= 11 is 3.48. The van der Waals surface area contributed by atoms with Crippen molar-refractivity contribution in [1.29, 1.82) is 0 Å². The Bertz CT molecular complexity index is 378. The summed E-state index contributed by atoms with van der Waals surface area (Å²) in [5.74, 6) is 1.59. The summed E-state index contributed by atoms with van der Waals surface area (Å²) in [7, 11) is 5.96. The molecule has 0 spiro atoms. The lowest BCUT2D eigenvalue weighted by Gasteiger charge is -2.32. The van der Waals surface area contributed by atoms with Crippen LogP contribution in [0.1, 0.15) is 13.8 Å². The van der Waals surface area contributed by atoms with E-state index in [9.17, 15) is 0 Å². The molecule has 0 radical (unpaired) electrons. The number of hydrogen-bond donors (Lipinski definition) is 2. The summed E-state index contributed by atoms with van der Waals surface area (Å²) in [5, 5.41) is 6.34. The van der Waals surface area contributed by atoms with Gasteiger partial charge in [-0.05, 0) is 43.9 Å². The third-order valence-corrected chi connectivity index (χ3v) is 3.68. The van der Waals surface area contributed by atoms with Crippen molar-refractivity contribution in [3.63, 3.8) is 0 Å². The summed E-state index contributed by atoms with van der Waals surface area (Å²) < 4.78 is 0.858. The van der Waals surface area contributed by atoms with Gasteiger partial charge in [-0.2, -0.15) is 0 Å². The van der Waals surface area contributed by atoms with Crippen molar-refractivity contribution in [3.05, 3.63) is 10.8 Å². The van der Waals surface area contributed by atoms with Crippen molar-refractivity contribution < 1.29 is 0 Å². The third-order valence-electron chi connectivity index (χ3n) is 2.93. The third kappa shape index (κ3) is 3.54. The largest absolute Gasteiger partial charge is 0.372 e. The van der Waals surface area contributed by atoms with Crippen molar-refractivity contribution in [3.8, 4) is 0 Å². The fourth-order valence-corrected chi connectivity index (χ4v) is 1.67.